The average Bonchev–Trinajstić information content (AvgIpc) is 2.39. The maximum Gasteiger partial charge on any atom is 0.250 e. The molecule has 5 heteroatoms. The van der Waals surface area contributed by atoms with E-state index in [1.165, 1.54) is 4.90 Å². The molecule has 1 heterocycles. The predicted octanol–water partition coefficient (Wildman–Crippen LogP) is 1.98. The third-order valence-electron chi connectivity index (χ3n) is 2.52. The minimum Gasteiger partial charge on any atom is -0.366 e. The van der Waals surface area contributed by atoms with E-state index in [2.05, 4.69) is 17.6 Å². The zero-order chi connectivity index (χ0) is 13.0. The molecule has 0 atom stereocenters. The van der Waals surface area contributed by atoms with Crippen molar-refractivity contribution in [1.82, 2.24) is 5.01 Å². The van der Waals surface area contributed by atoms with Crippen LogP contribution in [0.4, 0.5) is 5.69 Å². The van der Waals surface area contributed by atoms with Crippen molar-refractivity contribution in [3.05, 3.63) is 48.2 Å². The van der Waals surface area contributed by atoms with Crippen molar-refractivity contribution in [2.45, 2.75) is 4.90 Å². The van der Waals surface area contributed by atoms with Crippen LogP contribution in [0.15, 0.2) is 53.1 Å². The average molecular weight is 261 g/mol. The first-order valence-corrected chi connectivity index (χ1v) is 6.77. The molecule has 1 aromatic carbocycles. The van der Waals surface area contributed by atoms with Gasteiger partial charge in [0.15, 0.2) is 0 Å². The summed E-state index contributed by atoms with van der Waals surface area (Å²) in [5.41, 5.74) is 9.96. The molecule has 1 aliphatic rings. The number of benzene rings is 1. The standard InChI is InChI=1S/C13H15N3OS/c1-18-12-6-2-5-11(8-12)15-16-7-3-4-10(9-16)13(14)17/h2-6,8-9,15H,7H2,1H3,(H2,14,17). The number of anilines is 1. The number of hydrogen-bond donors (Lipinski definition) is 2. The van der Waals surface area contributed by atoms with Gasteiger partial charge in [-0.3, -0.25) is 15.2 Å². The van der Waals surface area contributed by atoms with E-state index in [0.717, 1.165) is 5.69 Å². The lowest BCUT2D eigenvalue weighted by atomic mass is 10.2. The fourth-order valence-corrected chi connectivity index (χ4v) is 2.10. The molecule has 3 N–H and O–H groups in total. The molecule has 0 bridgehead atoms. The second-order valence-corrected chi connectivity index (χ2v) is 4.73. The van der Waals surface area contributed by atoms with Crippen LogP contribution < -0.4 is 11.2 Å². The Morgan fingerprint density at radius 1 is 1.50 bits per heavy atom. The highest BCUT2D eigenvalue weighted by Gasteiger charge is 2.09. The number of rotatable bonds is 4. The van der Waals surface area contributed by atoms with Gasteiger partial charge in [-0.25, -0.2) is 0 Å². The summed E-state index contributed by atoms with van der Waals surface area (Å²) in [7, 11) is 0. The van der Waals surface area contributed by atoms with E-state index in [-0.39, 0.29) is 0 Å². The van der Waals surface area contributed by atoms with Crippen molar-refractivity contribution in [2.24, 2.45) is 5.73 Å². The van der Waals surface area contributed by atoms with E-state index in [9.17, 15) is 4.79 Å². The first kappa shape index (κ1) is 12.6. The third-order valence-corrected chi connectivity index (χ3v) is 3.25. The molecule has 0 unspecified atom stereocenters. The van der Waals surface area contributed by atoms with Crippen molar-refractivity contribution in [1.29, 1.82) is 0 Å². The quantitative estimate of drug-likeness (QED) is 0.814. The largest absolute Gasteiger partial charge is 0.366 e. The second kappa shape index (κ2) is 5.64. The Kier molecular flexibility index (Phi) is 3.94. The zero-order valence-electron chi connectivity index (χ0n) is 10.1. The van der Waals surface area contributed by atoms with Gasteiger partial charge in [-0.15, -0.1) is 11.8 Å². The Labute approximate surface area is 111 Å². The summed E-state index contributed by atoms with van der Waals surface area (Å²) in [4.78, 5) is 12.3. The molecule has 1 aliphatic heterocycles. The van der Waals surface area contributed by atoms with Crippen LogP contribution in [0.3, 0.4) is 0 Å². The van der Waals surface area contributed by atoms with Gasteiger partial charge in [0.2, 0.25) is 5.91 Å². The predicted molar refractivity (Wildman–Crippen MR) is 75.0 cm³/mol. The van der Waals surface area contributed by atoms with Crippen LogP contribution in [0.2, 0.25) is 0 Å². The van der Waals surface area contributed by atoms with E-state index in [0.29, 0.717) is 12.1 Å². The van der Waals surface area contributed by atoms with Gasteiger partial charge in [-0.2, -0.15) is 0 Å². The van der Waals surface area contributed by atoms with Gasteiger partial charge in [0.25, 0.3) is 0 Å². The number of thioether (sulfide) groups is 1. The molecule has 18 heavy (non-hydrogen) atoms. The maximum absolute atomic E-state index is 11.1. The Balaban J connectivity index is 2.10. The number of nitrogens with one attached hydrogen (secondary N) is 1. The number of carbonyl (C=O) groups is 1. The summed E-state index contributed by atoms with van der Waals surface area (Å²) < 4.78 is 0. The fourth-order valence-electron chi connectivity index (χ4n) is 1.64. The Bertz CT molecular complexity index is 511. The van der Waals surface area contributed by atoms with Crippen LogP contribution in [0.5, 0.6) is 0 Å². The normalized spacial score (nSPS) is 14.3. The summed E-state index contributed by atoms with van der Waals surface area (Å²) in [6.45, 7) is 0.695. The topological polar surface area (TPSA) is 58.4 Å². The van der Waals surface area contributed by atoms with Gasteiger partial charge in [0, 0.05) is 11.1 Å². The number of amides is 1. The number of hydrazine groups is 1. The van der Waals surface area contributed by atoms with Crippen LogP contribution >= 0.6 is 11.8 Å². The molecule has 0 saturated carbocycles. The van der Waals surface area contributed by atoms with Crippen LogP contribution in [0, 0.1) is 0 Å². The van der Waals surface area contributed by atoms with Crippen LogP contribution in [-0.4, -0.2) is 23.7 Å². The summed E-state index contributed by atoms with van der Waals surface area (Å²) in [5.74, 6) is -0.421. The molecule has 1 amide bonds. The fraction of sp³-hybridized carbons (Fsp3) is 0.154. The number of nitrogens with two attached hydrogens (primary N) is 1. The second-order valence-electron chi connectivity index (χ2n) is 3.85. The molecule has 0 saturated heterocycles. The first-order valence-electron chi connectivity index (χ1n) is 5.54. The van der Waals surface area contributed by atoms with Crippen molar-refractivity contribution in [2.75, 3.05) is 18.2 Å². The van der Waals surface area contributed by atoms with E-state index < -0.39 is 5.91 Å². The van der Waals surface area contributed by atoms with Gasteiger partial charge < -0.3 is 5.73 Å². The van der Waals surface area contributed by atoms with E-state index in [1.807, 2.05) is 29.5 Å². The minimum atomic E-state index is -0.421. The molecule has 94 valence electrons. The SMILES string of the molecule is CSc1cccc(NN2C=C(C(N)=O)C=CC2)c1. The Morgan fingerprint density at radius 3 is 3.06 bits per heavy atom. The summed E-state index contributed by atoms with van der Waals surface area (Å²) >= 11 is 1.69. The number of nitrogens with zero attached hydrogens (tertiary/aromatic N) is 1. The van der Waals surface area contributed by atoms with Gasteiger partial charge in [0.1, 0.15) is 0 Å². The smallest absolute Gasteiger partial charge is 0.250 e. The highest BCUT2D eigenvalue weighted by atomic mass is 32.2. The highest BCUT2D eigenvalue weighted by molar-refractivity contribution is 7.98. The molecule has 0 aliphatic carbocycles. The first-order chi connectivity index (χ1) is 8.69. The lowest BCUT2D eigenvalue weighted by Gasteiger charge is -2.24. The van der Waals surface area contributed by atoms with Gasteiger partial charge in [-0.05, 0) is 24.5 Å². The molecule has 1 aromatic rings. The lowest BCUT2D eigenvalue weighted by molar-refractivity contribution is -0.114. The monoisotopic (exact) mass is 261 g/mol. The molecule has 2 rings (SSSR count). The minimum absolute atomic E-state index is 0.421. The molecular formula is C13H15N3OS. The summed E-state index contributed by atoms with van der Waals surface area (Å²) in [6, 6.07) is 8.08. The Morgan fingerprint density at radius 2 is 2.33 bits per heavy atom. The number of carbonyl (C=O) groups excluding carboxylic acids is 1. The van der Waals surface area contributed by atoms with Crippen molar-refractivity contribution >= 4 is 23.4 Å². The van der Waals surface area contributed by atoms with E-state index in [4.69, 9.17) is 5.73 Å². The number of primary amides is 1. The molecule has 0 fully saturated rings. The van der Waals surface area contributed by atoms with Gasteiger partial charge in [0.05, 0.1) is 17.8 Å². The Hall–Kier alpha value is -1.88. The maximum atomic E-state index is 11.1. The number of hydrogen-bond acceptors (Lipinski definition) is 4. The van der Waals surface area contributed by atoms with Crippen LogP contribution in [0.25, 0.3) is 0 Å². The molecular weight excluding hydrogens is 246 g/mol. The van der Waals surface area contributed by atoms with E-state index >= 15 is 0 Å². The third kappa shape index (κ3) is 3.07. The van der Waals surface area contributed by atoms with Crippen molar-refractivity contribution < 1.29 is 4.79 Å². The van der Waals surface area contributed by atoms with Crippen LogP contribution in [0.1, 0.15) is 0 Å². The van der Waals surface area contributed by atoms with Crippen LogP contribution in [-0.2, 0) is 4.79 Å². The van der Waals surface area contributed by atoms with Crippen molar-refractivity contribution in [3.8, 4) is 0 Å². The highest BCUT2D eigenvalue weighted by Crippen LogP contribution is 2.20. The van der Waals surface area contributed by atoms with Crippen molar-refractivity contribution in [3.63, 3.8) is 0 Å². The van der Waals surface area contributed by atoms with Gasteiger partial charge in [-0.1, -0.05) is 18.2 Å². The lowest BCUT2D eigenvalue weighted by Crippen LogP contribution is -2.29. The molecule has 4 nitrogen and oxygen atoms in total. The molecule has 0 aromatic heterocycles. The zero-order valence-corrected chi connectivity index (χ0v) is 10.9. The summed E-state index contributed by atoms with van der Waals surface area (Å²) in [6.07, 6.45) is 7.38. The van der Waals surface area contributed by atoms with Gasteiger partial charge >= 0.3 is 0 Å². The molecule has 0 radical (unpaired) electrons. The van der Waals surface area contributed by atoms with E-state index in [1.54, 1.807) is 24.0 Å². The molecule has 0 spiro atoms. The summed E-state index contributed by atoms with van der Waals surface area (Å²) in [5, 5.41) is 1.83.